The Balaban J connectivity index is 0.000000671. The fourth-order valence-corrected chi connectivity index (χ4v) is 7.04. The molecule has 0 radical (unpaired) electrons. The monoisotopic (exact) mass is 763 g/mol. The average molecular weight is 765 g/mol. The molecule has 2 aliphatic rings. The topological polar surface area (TPSA) is 139 Å². The number of benzene rings is 3. The van der Waals surface area contributed by atoms with Crippen molar-refractivity contribution in [3.05, 3.63) is 70.7 Å². The quantitative estimate of drug-likeness (QED) is 0.221. The van der Waals surface area contributed by atoms with Crippen LogP contribution in [0.1, 0.15) is 44.1 Å². The lowest BCUT2D eigenvalue weighted by molar-refractivity contribution is -0.192. The molecule has 1 heterocycles. The molecule has 48 heavy (non-hydrogen) atoms. The van der Waals surface area contributed by atoms with Gasteiger partial charge in [-0.05, 0) is 98.2 Å². The maximum Gasteiger partial charge on any atom is 0.490 e. The van der Waals surface area contributed by atoms with E-state index >= 15 is 8.78 Å². The van der Waals surface area contributed by atoms with Crippen molar-refractivity contribution in [1.29, 1.82) is 0 Å². The number of hydrogen-bond donors (Lipinski definition) is 3. The number of alkyl halides is 5. The number of fused-ring (bicyclic) bond motifs is 1. The maximum atomic E-state index is 16.0. The van der Waals surface area contributed by atoms with Gasteiger partial charge < -0.3 is 20.5 Å². The summed E-state index contributed by atoms with van der Waals surface area (Å²) in [5.41, 5.74) is 5.28. The number of carbonyl (C=O) groups excluding carboxylic acids is 1. The number of halogens is 6. The predicted molar refractivity (Wildman–Crippen MR) is 171 cm³/mol. The molecular formula is C32H35BrF5N3O6S. The molecule has 16 heteroatoms. The second-order valence-electron chi connectivity index (χ2n) is 11.7. The van der Waals surface area contributed by atoms with Gasteiger partial charge in [-0.2, -0.15) is 26.7 Å². The van der Waals surface area contributed by atoms with Crippen LogP contribution in [-0.2, 0) is 25.5 Å². The molecule has 3 aromatic rings. The number of piperidine rings is 1. The van der Waals surface area contributed by atoms with Gasteiger partial charge in [-0.15, -0.1) is 0 Å². The van der Waals surface area contributed by atoms with Crippen molar-refractivity contribution < 1.29 is 49.8 Å². The van der Waals surface area contributed by atoms with E-state index in [2.05, 4.69) is 20.7 Å². The third-order valence-electron chi connectivity index (χ3n) is 8.31. The van der Waals surface area contributed by atoms with Crippen LogP contribution in [0.5, 0.6) is 5.75 Å². The first kappa shape index (κ1) is 37.5. The molecule has 0 unspecified atom stereocenters. The summed E-state index contributed by atoms with van der Waals surface area (Å²) < 4.78 is 99.5. The van der Waals surface area contributed by atoms with Crippen molar-refractivity contribution in [1.82, 2.24) is 9.62 Å². The number of sulfonamides is 1. The van der Waals surface area contributed by atoms with Crippen LogP contribution in [-0.4, -0.2) is 68.3 Å². The Morgan fingerprint density at radius 2 is 1.50 bits per heavy atom. The van der Waals surface area contributed by atoms with Crippen LogP contribution >= 0.6 is 15.9 Å². The van der Waals surface area contributed by atoms with Gasteiger partial charge in [0.2, 0.25) is 15.9 Å². The first-order valence-electron chi connectivity index (χ1n) is 15.2. The molecule has 1 saturated heterocycles. The molecular weight excluding hydrogens is 729 g/mol. The third kappa shape index (κ3) is 9.42. The Kier molecular flexibility index (Phi) is 12.1. The number of carbonyl (C=O) groups is 2. The summed E-state index contributed by atoms with van der Waals surface area (Å²) in [7, 11) is -4.52. The summed E-state index contributed by atoms with van der Waals surface area (Å²) >= 11 is 3.23. The highest BCUT2D eigenvalue weighted by Gasteiger charge is 2.50. The van der Waals surface area contributed by atoms with Crippen LogP contribution in [0.2, 0.25) is 0 Å². The highest BCUT2D eigenvalue weighted by Crippen LogP contribution is 2.36. The molecule has 5 rings (SSSR count). The number of hydrogen-bond acceptors (Lipinski definition) is 6. The lowest BCUT2D eigenvalue weighted by atomic mass is 9.95. The molecule has 1 aliphatic heterocycles. The first-order chi connectivity index (χ1) is 22.5. The second kappa shape index (κ2) is 15.5. The molecule has 262 valence electrons. The van der Waals surface area contributed by atoms with Crippen molar-refractivity contribution >= 4 is 48.6 Å². The Bertz CT molecular complexity index is 1690. The molecule has 0 aromatic heterocycles. The van der Waals surface area contributed by atoms with Gasteiger partial charge in [0.15, 0.2) is 6.04 Å². The van der Waals surface area contributed by atoms with E-state index in [9.17, 15) is 26.4 Å². The molecule has 1 aliphatic carbocycles. The van der Waals surface area contributed by atoms with Gasteiger partial charge in [0, 0.05) is 23.1 Å². The van der Waals surface area contributed by atoms with E-state index in [1.54, 1.807) is 18.2 Å². The molecule has 0 bridgehead atoms. The minimum Gasteiger partial charge on any atom is -0.490 e. The summed E-state index contributed by atoms with van der Waals surface area (Å²) in [5, 5.41) is 8.49. The zero-order valence-electron chi connectivity index (χ0n) is 25.6. The molecule has 4 N–H and O–H groups in total. The highest BCUT2D eigenvalue weighted by atomic mass is 79.9. The number of nitrogens with two attached hydrogens (primary N) is 1. The van der Waals surface area contributed by atoms with Crippen molar-refractivity contribution in [2.45, 2.75) is 67.7 Å². The van der Waals surface area contributed by atoms with E-state index in [1.807, 2.05) is 6.07 Å². The number of carboxylic acid groups (broad SMARTS) is 1. The number of aliphatic carboxylic acids is 1. The van der Waals surface area contributed by atoms with Crippen LogP contribution in [0, 0.1) is 5.92 Å². The summed E-state index contributed by atoms with van der Waals surface area (Å²) in [6, 6.07) is 12.7. The predicted octanol–water partition coefficient (Wildman–Crippen LogP) is 6.19. The van der Waals surface area contributed by atoms with Gasteiger partial charge >= 0.3 is 12.1 Å². The molecule has 9 nitrogen and oxygen atoms in total. The first-order valence-corrected chi connectivity index (χ1v) is 17.4. The summed E-state index contributed by atoms with van der Waals surface area (Å²) in [6.45, 7) is 0.913. The fraction of sp³-hybridized carbons (Fsp3) is 0.438. The number of likely N-dealkylation sites (tertiary alicyclic amines) is 1. The third-order valence-corrected chi connectivity index (χ3v) is 10.3. The van der Waals surface area contributed by atoms with Crippen LogP contribution in [0.25, 0.3) is 10.8 Å². The number of carboxylic acids is 1. The number of nitrogens with one attached hydrogen (secondary N) is 1. The lowest BCUT2D eigenvalue weighted by Gasteiger charge is -2.36. The van der Waals surface area contributed by atoms with E-state index in [1.165, 1.54) is 41.3 Å². The lowest BCUT2D eigenvalue weighted by Crippen LogP contribution is -2.57. The van der Waals surface area contributed by atoms with Gasteiger partial charge in [-0.25, -0.2) is 13.2 Å². The summed E-state index contributed by atoms with van der Waals surface area (Å²) in [6.07, 6.45) is 0.545. The molecule has 2 fully saturated rings. The number of ether oxygens (including phenoxy) is 1. The zero-order valence-corrected chi connectivity index (χ0v) is 28.0. The molecule has 0 spiro atoms. The van der Waals surface area contributed by atoms with Gasteiger partial charge in [0.25, 0.3) is 5.92 Å². The van der Waals surface area contributed by atoms with Crippen LogP contribution in [0.15, 0.2) is 70.0 Å². The fourth-order valence-electron chi connectivity index (χ4n) is 5.55. The molecule has 1 atom stereocenters. The summed E-state index contributed by atoms with van der Waals surface area (Å²) in [4.78, 5) is 23.5. The Morgan fingerprint density at radius 1 is 0.938 bits per heavy atom. The molecule has 3 aromatic carbocycles. The van der Waals surface area contributed by atoms with Crippen LogP contribution in [0.4, 0.5) is 22.0 Å². The van der Waals surface area contributed by atoms with E-state index in [0.717, 1.165) is 31.1 Å². The van der Waals surface area contributed by atoms with Crippen molar-refractivity contribution in [2.75, 3.05) is 19.6 Å². The standard InChI is InChI=1S/C30H34BrF2N3O4S.C2HF3O2/c31-24-9-7-23(8-10-24)30(32,33)28(29(37)36-15-13-20(19-34)14-16-36)35-41(38,39)27-12-6-21-17-26(11-5-22(21)18-27)40-25-3-1-2-4-25;3-2(4,5)1(6)7/h5-12,17-18,20,25,28,35H,1-4,13-16,19,34H2;(H,6,7)/t28-;/m1./s1. The van der Waals surface area contributed by atoms with Gasteiger partial charge in [0.05, 0.1) is 11.0 Å². The van der Waals surface area contributed by atoms with Crippen molar-refractivity contribution in [3.8, 4) is 5.75 Å². The largest absolute Gasteiger partial charge is 0.490 e. The Hall–Kier alpha value is -3.34. The number of amides is 1. The van der Waals surface area contributed by atoms with E-state index in [0.29, 0.717) is 35.0 Å². The van der Waals surface area contributed by atoms with Gasteiger partial charge in [0.1, 0.15) is 5.75 Å². The van der Waals surface area contributed by atoms with Crippen molar-refractivity contribution in [3.63, 3.8) is 0 Å². The minimum absolute atomic E-state index is 0.180. The van der Waals surface area contributed by atoms with Gasteiger partial charge in [-0.3, -0.25) is 4.79 Å². The normalized spacial score (nSPS) is 17.1. The van der Waals surface area contributed by atoms with Crippen molar-refractivity contribution in [2.24, 2.45) is 11.7 Å². The van der Waals surface area contributed by atoms with E-state index < -0.39 is 45.6 Å². The zero-order chi connectivity index (χ0) is 35.3. The average Bonchev–Trinajstić information content (AvgIpc) is 3.56. The van der Waals surface area contributed by atoms with Crippen LogP contribution < -0.4 is 15.2 Å². The molecule has 1 amide bonds. The SMILES string of the molecule is NCC1CCN(C(=O)[C@@H](NS(=O)(=O)c2ccc3cc(OC4CCCC4)ccc3c2)C(F)(F)c2ccc(Br)cc2)CC1.O=C(O)C(F)(F)F. The maximum absolute atomic E-state index is 16.0. The minimum atomic E-state index is -5.08. The molecule has 1 saturated carbocycles. The smallest absolute Gasteiger partial charge is 0.490 e. The Morgan fingerprint density at radius 3 is 2.06 bits per heavy atom. The second-order valence-corrected chi connectivity index (χ2v) is 14.3. The van der Waals surface area contributed by atoms with E-state index in [-0.39, 0.29) is 30.0 Å². The van der Waals surface area contributed by atoms with Gasteiger partial charge in [-0.1, -0.05) is 40.2 Å². The Labute approximate surface area is 282 Å². The van der Waals surface area contributed by atoms with Crippen LogP contribution in [0.3, 0.4) is 0 Å². The number of nitrogens with zero attached hydrogens (tertiary/aromatic N) is 1. The van der Waals surface area contributed by atoms with E-state index in [4.69, 9.17) is 20.4 Å². The number of rotatable bonds is 9. The summed E-state index contributed by atoms with van der Waals surface area (Å²) in [5.74, 6) is -6.64. The highest BCUT2D eigenvalue weighted by molar-refractivity contribution is 9.10.